The van der Waals surface area contributed by atoms with Crippen LogP contribution in [0.2, 0.25) is 0 Å². The summed E-state index contributed by atoms with van der Waals surface area (Å²) >= 11 is 0. The predicted molar refractivity (Wildman–Crippen MR) is 232 cm³/mol. The van der Waals surface area contributed by atoms with Crippen molar-refractivity contribution < 1.29 is 4.74 Å². The van der Waals surface area contributed by atoms with Gasteiger partial charge in [-0.2, -0.15) is 0 Å². The van der Waals surface area contributed by atoms with Crippen molar-refractivity contribution in [2.75, 3.05) is 0 Å². The van der Waals surface area contributed by atoms with Gasteiger partial charge in [0.2, 0.25) is 0 Å². The van der Waals surface area contributed by atoms with Crippen LogP contribution < -0.4 is 4.74 Å². The Kier molecular flexibility index (Phi) is 8.70. The summed E-state index contributed by atoms with van der Waals surface area (Å²) < 4.78 is 6.96. The molecule has 1 aliphatic rings. The van der Waals surface area contributed by atoms with Gasteiger partial charge in [0.15, 0.2) is 23.2 Å². The van der Waals surface area contributed by atoms with Gasteiger partial charge in [0, 0.05) is 33.4 Å². The van der Waals surface area contributed by atoms with Gasteiger partial charge in [0.1, 0.15) is 11.5 Å². The molecule has 0 spiro atoms. The third-order valence-corrected chi connectivity index (χ3v) is 10.9. The minimum Gasteiger partial charge on any atom is -0.456 e. The maximum Gasteiger partial charge on any atom is 0.187 e. The molecule has 0 amide bonds. The lowest BCUT2D eigenvalue weighted by atomic mass is 9.63. The summed E-state index contributed by atoms with van der Waals surface area (Å²) in [6.45, 7) is 7.39. The van der Waals surface area contributed by atoms with E-state index in [2.05, 4.69) is 138 Å². The Morgan fingerprint density at radius 1 is 0.397 bits per heavy atom. The van der Waals surface area contributed by atoms with Crippen LogP contribution in [0.15, 0.2) is 206 Å². The van der Waals surface area contributed by atoms with Gasteiger partial charge in [-0.15, -0.1) is 0 Å². The number of hydrogen-bond donors (Lipinski definition) is 0. The van der Waals surface area contributed by atoms with Crippen molar-refractivity contribution >= 4 is 5.69 Å². The van der Waals surface area contributed by atoms with Crippen LogP contribution in [0.25, 0.3) is 61.3 Å². The molecule has 5 nitrogen and oxygen atoms in total. The van der Waals surface area contributed by atoms with Gasteiger partial charge < -0.3 is 4.74 Å². The molecule has 0 saturated carbocycles. The van der Waals surface area contributed by atoms with Crippen molar-refractivity contribution in [1.29, 1.82) is 0 Å². The third-order valence-electron chi connectivity index (χ3n) is 10.9. The first kappa shape index (κ1) is 34.5. The van der Waals surface area contributed by atoms with E-state index in [1.54, 1.807) is 12.1 Å². The van der Waals surface area contributed by atoms with Crippen molar-refractivity contribution in [2.24, 2.45) is 0 Å². The maximum atomic E-state index is 7.39. The minimum atomic E-state index is -0.602. The van der Waals surface area contributed by atoms with Crippen molar-refractivity contribution in [3.05, 3.63) is 240 Å². The molecule has 272 valence electrons. The first-order chi connectivity index (χ1) is 28.7. The molecule has 0 bridgehead atoms. The summed E-state index contributed by atoms with van der Waals surface area (Å²) in [5.41, 5.74) is 11.3. The molecule has 0 fully saturated rings. The van der Waals surface area contributed by atoms with Crippen molar-refractivity contribution in [3.63, 3.8) is 0 Å². The van der Waals surface area contributed by atoms with E-state index in [1.807, 2.05) is 60.7 Å². The molecule has 1 aromatic heterocycles. The highest BCUT2D eigenvalue weighted by molar-refractivity contribution is 5.83. The normalized spacial score (nSPS) is 12.4. The summed E-state index contributed by atoms with van der Waals surface area (Å²) in [5, 5.41) is 0. The molecule has 0 radical (unpaired) electrons. The first-order valence-corrected chi connectivity index (χ1v) is 19.2. The van der Waals surface area contributed by atoms with Crippen LogP contribution in [-0.4, -0.2) is 15.0 Å². The number of nitrogens with zero attached hydrogens (tertiary/aromatic N) is 4. The zero-order valence-corrected chi connectivity index (χ0v) is 31.3. The van der Waals surface area contributed by atoms with E-state index in [9.17, 15) is 0 Å². The summed E-state index contributed by atoms with van der Waals surface area (Å²) in [5.74, 6) is 3.38. The molecule has 0 atom stereocenters. The summed E-state index contributed by atoms with van der Waals surface area (Å²) in [6.07, 6.45) is 0. The number of fused-ring (bicyclic) bond motifs is 2. The van der Waals surface area contributed by atoms with Crippen LogP contribution in [-0.2, 0) is 5.41 Å². The van der Waals surface area contributed by atoms with Gasteiger partial charge in [-0.1, -0.05) is 188 Å². The highest BCUT2D eigenvalue weighted by Gasteiger charge is 2.45. The number of hydrogen-bond acceptors (Lipinski definition) is 4. The number of rotatable bonds is 7. The zero-order valence-electron chi connectivity index (χ0n) is 31.3. The zero-order chi connectivity index (χ0) is 38.9. The van der Waals surface area contributed by atoms with Crippen LogP contribution in [0.5, 0.6) is 11.5 Å². The second-order valence-electron chi connectivity index (χ2n) is 14.3. The standard InChI is InChI=1S/C53H34N4O/c1-54-44-32-30-37(31-33-44)51-55-50(36-16-5-2-6-17-36)56-52(57-51)41-21-14-19-39(35-41)38-18-13-20-40(34-38)45-26-15-28-47-49(45)58-48-29-12-11-27-46(48)53(47,42-22-7-3-8-23-42)43-24-9-4-10-25-43/h2-35H. The molecule has 1 aliphatic heterocycles. The molecule has 10 rings (SSSR count). The predicted octanol–water partition coefficient (Wildman–Crippen LogP) is 13.2. The van der Waals surface area contributed by atoms with E-state index < -0.39 is 5.41 Å². The van der Waals surface area contributed by atoms with Crippen molar-refractivity contribution in [2.45, 2.75) is 5.41 Å². The van der Waals surface area contributed by atoms with Gasteiger partial charge in [0.25, 0.3) is 0 Å². The number of para-hydroxylation sites is 2. The lowest BCUT2D eigenvalue weighted by Gasteiger charge is -2.42. The van der Waals surface area contributed by atoms with Crippen molar-refractivity contribution in [3.8, 4) is 67.9 Å². The molecule has 2 heterocycles. The number of ether oxygens (including phenoxy) is 1. The lowest BCUT2D eigenvalue weighted by molar-refractivity contribution is 0.436. The smallest absolute Gasteiger partial charge is 0.187 e. The fraction of sp³-hybridized carbons (Fsp3) is 0.0189. The third kappa shape index (κ3) is 6.01. The first-order valence-electron chi connectivity index (χ1n) is 19.2. The van der Waals surface area contributed by atoms with E-state index in [-0.39, 0.29) is 0 Å². The molecule has 5 heteroatoms. The van der Waals surface area contributed by atoms with Crippen LogP contribution in [0.3, 0.4) is 0 Å². The molecule has 9 aromatic rings. The Bertz CT molecular complexity index is 2940. The van der Waals surface area contributed by atoms with Crippen LogP contribution in [0.4, 0.5) is 5.69 Å². The van der Waals surface area contributed by atoms with Crippen LogP contribution in [0.1, 0.15) is 22.3 Å². The fourth-order valence-corrected chi connectivity index (χ4v) is 8.19. The molecule has 0 unspecified atom stereocenters. The topological polar surface area (TPSA) is 52.3 Å². The quantitative estimate of drug-likeness (QED) is 0.153. The van der Waals surface area contributed by atoms with E-state index in [0.717, 1.165) is 61.6 Å². The van der Waals surface area contributed by atoms with Gasteiger partial charge in [-0.3, -0.25) is 0 Å². The second-order valence-corrected chi connectivity index (χ2v) is 14.3. The van der Waals surface area contributed by atoms with Crippen LogP contribution in [0, 0.1) is 6.57 Å². The van der Waals surface area contributed by atoms with Gasteiger partial charge >= 0.3 is 0 Å². The summed E-state index contributed by atoms with van der Waals surface area (Å²) in [4.78, 5) is 18.4. The molecule has 8 aromatic carbocycles. The highest BCUT2D eigenvalue weighted by Crippen LogP contribution is 2.57. The molecule has 58 heavy (non-hydrogen) atoms. The number of aromatic nitrogens is 3. The minimum absolute atomic E-state index is 0.547. The maximum absolute atomic E-state index is 7.39. The average Bonchev–Trinajstić information content (AvgIpc) is 3.31. The summed E-state index contributed by atoms with van der Waals surface area (Å²) in [7, 11) is 0. The fourth-order valence-electron chi connectivity index (χ4n) is 8.19. The highest BCUT2D eigenvalue weighted by atomic mass is 16.5. The average molecular weight is 743 g/mol. The van der Waals surface area contributed by atoms with E-state index in [4.69, 9.17) is 26.3 Å². The Morgan fingerprint density at radius 3 is 1.50 bits per heavy atom. The Morgan fingerprint density at radius 2 is 0.862 bits per heavy atom. The summed E-state index contributed by atoms with van der Waals surface area (Å²) in [6, 6.07) is 70.7. The van der Waals surface area contributed by atoms with E-state index >= 15 is 0 Å². The molecular weight excluding hydrogens is 709 g/mol. The van der Waals surface area contributed by atoms with Gasteiger partial charge in [-0.05, 0) is 46.0 Å². The lowest BCUT2D eigenvalue weighted by Crippen LogP contribution is -2.34. The van der Waals surface area contributed by atoms with Gasteiger partial charge in [-0.25, -0.2) is 19.8 Å². The van der Waals surface area contributed by atoms with Crippen molar-refractivity contribution in [1.82, 2.24) is 15.0 Å². The molecule has 0 aliphatic carbocycles. The second kappa shape index (κ2) is 14.6. The largest absolute Gasteiger partial charge is 0.456 e. The van der Waals surface area contributed by atoms with Gasteiger partial charge in [0.05, 0.1) is 12.0 Å². The van der Waals surface area contributed by atoms with E-state index in [1.165, 1.54) is 11.1 Å². The monoisotopic (exact) mass is 742 g/mol. The Labute approximate surface area is 337 Å². The molecule has 0 saturated heterocycles. The van der Waals surface area contributed by atoms with Crippen LogP contribution >= 0.6 is 0 Å². The number of benzene rings is 8. The molecular formula is C53H34N4O. The van der Waals surface area contributed by atoms with E-state index in [0.29, 0.717) is 23.2 Å². The Balaban J connectivity index is 1.09. The Hall–Kier alpha value is -7.94. The SMILES string of the molecule is [C-]#[N+]c1ccc(-c2nc(-c3ccccc3)nc(-c3cccc(-c4cccc(-c5cccc6c5Oc5ccccc5C6(c5ccccc5)c5ccccc5)c4)c3)n2)cc1. The molecule has 0 N–H and O–H groups in total.